The topological polar surface area (TPSA) is 205 Å². The van der Waals surface area contributed by atoms with Gasteiger partial charge in [-0.3, -0.25) is 28.8 Å². The molecule has 0 radical (unpaired) electrons. The van der Waals surface area contributed by atoms with E-state index in [-0.39, 0.29) is 71.4 Å². The Morgan fingerprint density at radius 3 is 1.31 bits per heavy atom. The normalized spacial score (nSPS) is 28.2. The number of amides is 6. The predicted molar refractivity (Wildman–Crippen MR) is 324 cm³/mol. The number of nitrogens with zero attached hydrogens (tertiary/aromatic N) is 2. The van der Waals surface area contributed by atoms with Gasteiger partial charge in [-0.2, -0.15) is 0 Å². The summed E-state index contributed by atoms with van der Waals surface area (Å²) < 4.78 is 0. The van der Waals surface area contributed by atoms with Crippen LogP contribution in [0.1, 0.15) is 126 Å². The molecule has 4 aliphatic heterocycles. The van der Waals surface area contributed by atoms with Crippen LogP contribution in [0, 0.1) is 22.7 Å². The Kier molecular flexibility index (Phi) is 18.7. The maximum Gasteiger partial charge on any atom is 0.246 e. The highest BCUT2D eigenvalue weighted by Gasteiger charge is 2.57. The number of thiocarbonyl (C=S) groups is 2. The van der Waals surface area contributed by atoms with Gasteiger partial charge in [-0.15, -0.1) is 23.5 Å². The number of benzene rings is 3. The van der Waals surface area contributed by atoms with E-state index in [1.807, 2.05) is 116 Å². The Morgan fingerprint density at radius 1 is 0.562 bits per heavy atom. The summed E-state index contributed by atoms with van der Waals surface area (Å²) in [5, 5.41) is 25.6. The SMILES string of the molecule is CN[C@@H](C)C(=S)N[C@H]1CCS[C@H]2CC(C)(C)[C@@H](C(=O)N[C@@H]3c4ccccc4CC[C@H]3C(=O)NCc3ccc(CNC(=O)[C@@H]4CCc5ccccc5[C@@H]4NC(=O)[C@H]4N5C(=O)[C@H](NC(=S)[C@H](C)NC)CCS[C@H]5CC4(C)C)cc3)N2C1=O. The molecule has 80 heavy (non-hydrogen) atoms. The number of aryl methyl sites for hydroxylation is 2. The highest BCUT2D eigenvalue weighted by atomic mass is 32.2. The molecule has 0 bridgehead atoms. The van der Waals surface area contributed by atoms with Gasteiger partial charge < -0.3 is 52.3 Å². The molecule has 6 amide bonds. The molecule has 0 unspecified atom stereocenters. The second kappa shape index (κ2) is 25.2. The molecule has 16 nitrogen and oxygen atoms in total. The second-order valence-corrected chi connectivity index (χ2v) is 27.4. The van der Waals surface area contributed by atoms with E-state index in [9.17, 15) is 28.8 Å². The number of nitrogens with one attached hydrogen (secondary N) is 8. The fraction of sp³-hybridized carbons (Fsp3) is 0.567. The van der Waals surface area contributed by atoms with Gasteiger partial charge in [0.2, 0.25) is 35.4 Å². The standard InChI is InChI=1S/C60H80N10O6S4/c1-33(61-7)55(77)65-43-25-27-79-45-29-59(3,4)49(69(45)57(43)75)53(73)67-47-39-15-11-9-13-37(39)21-23-41(47)51(71)63-31-35-17-19-36(20-18-35)32-64-52(72)42-24-22-38-14-10-12-16-40(38)48(42)68-54(74)50-60(5,6)30-46-70(50)58(76)44(26-28-80-46)66-56(78)34(2)62-8/h9-20,33-34,41-50,61-62H,21-32H2,1-8H3,(H,63,71)(H,64,72)(H,65,77)(H,66,78)(H,67,73)(H,68,74)/t33-,34-,41+,42+,43-,44+,45-,46-,47+,48-,49+,50+/m0/s1. The number of rotatable bonds is 16. The minimum absolute atomic E-state index is 0.118. The molecule has 3 aromatic carbocycles. The molecule has 3 aromatic rings. The molecule has 2 aliphatic carbocycles. The van der Waals surface area contributed by atoms with Crippen LogP contribution in [0.4, 0.5) is 0 Å². The number of likely N-dealkylation sites (N-methyl/N-ethyl adjacent to an activating group) is 2. The van der Waals surface area contributed by atoms with Gasteiger partial charge in [-0.05, 0) is 135 Å². The first-order valence-electron chi connectivity index (χ1n) is 28.4. The summed E-state index contributed by atoms with van der Waals surface area (Å²) in [4.78, 5) is 91.9. The zero-order valence-corrected chi connectivity index (χ0v) is 50.6. The Bertz CT molecular complexity index is 2660. The minimum atomic E-state index is -0.753. The third kappa shape index (κ3) is 12.6. The minimum Gasteiger partial charge on any atom is -0.367 e. The summed E-state index contributed by atoms with van der Waals surface area (Å²) in [6.07, 6.45) is 4.94. The third-order valence-electron chi connectivity index (χ3n) is 17.6. The van der Waals surface area contributed by atoms with Crippen LogP contribution in [0.25, 0.3) is 0 Å². The van der Waals surface area contributed by atoms with E-state index < -0.39 is 58.9 Å². The van der Waals surface area contributed by atoms with Crippen LogP contribution >= 0.6 is 48.0 Å². The third-order valence-corrected chi connectivity index (χ3v) is 21.1. The lowest BCUT2D eigenvalue weighted by molar-refractivity contribution is -0.143. The Hall–Kier alpha value is -5.12. The average Bonchev–Trinajstić information content (AvgIpc) is 3.85. The summed E-state index contributed by atoms with van der Waals surface area (Å²) >= 11 is 14.7. The fourth-order valence-corrected chi connectivity index (χ4v) is 16.6. The summed E-state index contributed by atoms with van der Waals surface area (Å²) in [6.45, 7) is 12.6. The van der Waals surface area contributed by atoms with Crippen molar-refractivity contribution in [2.45, 2.75) is 165 Å². The number of hydrogen-bond donors (Lipinski definition) is 8. The van der Waals surface area contributed by atoms with Crippen molar-refractivity contribution in [2.75, 3.05) is 25.6 Å². The molecule has 0 spiro atoms. The zero-order chi connectivity index (χ0) is 57.2. The first-order chi connectivity index (χ1) is 38.2. The highest BCUT2D eigenvalue weighted by Crippen LogP contribution is 2.49. The summed E-state index contributed by atoms with van der Waals surface area (Å²) in [6, 6.07) is 19.6. The molecule has 4 saturated heterocycles. The van der Waals surface area contributed by atoms with Gasteiger partial charge >= 0.3 is 0 Å². The van der Waals surface area contributed by atoms with Crippen molar-refractivity contribution in [1.29, 1.82) is 0 Å². The molecule has 0 saturated carbocycles. The van der Waals surface area contributed by atoms with Gasteiger partial charge in [0.25, 0.3) is 0 Å². The van der Waals surface area contributed by atoms with Crippen molar-refractivity contribution in [2.24, 2.45) is 22.7 Å². The number of thioether (sulfide) groups is 2. The first kappa shape index (κ1) is 59.5. The van der Waals surface area contributed by atoms with Gasteiger partial charge in [0, 0.05) is 13.1 Å². The van der Waals surface area contributed by atoms with Gasteiger partial charge in [-0.1, -0.05) is 125 Å². The predicted octanol–water partition coefficient (Wildman–Crippen LogP) is 5.73. The molecule has 12 atom stereocenters. The Morgan fingerprint density at radius 2 is 0.938 bits per heavy atom. The maximum absolute atomic E-state index is 14.8. The lowest BCUT2D eigenvalue weighted by Gasteiger charge is -2.38. The largest absolute Gasteiger partial charge is 0.367 e. The van der Waals surface area contributed by atoms with Gasteiger partial charge in [0.1, 0.15) is 24.2 Å². The molecule has 4 heterocycles. The van der Waals surface area contributed by atoms with E-state index in [1.165, 1.54) is 0 Å². The van der Waals surface area contributed by atoms with E-state index in [0.29, 0.717) is 61.3 Å². The molecule has 8 N–H and O–H groups in total. The molecule has 9 rings (SSSR count). The number of carbonyl (C=O) groups is 6. The van der Waals surface area contributed by atoms with Crippen LogP contribution in [-0.2, 0) is 54.7 Å². The second-order valence-electron chi connectivity index (χ2n) is 24.0. The van der Waals surface area contributed by atoms with Gasteiger partial charge in [-0.25, -0.2) is 0 Å². The van der Waals surface area contributed by atoms with Crippen LogP contribution in [0.5, 0.6) is 0 Å². The molecular formula is C60H80N10O6S4. The maximum atomic E-state index is 14.8. The molecular weight excluding hydrogens is 1080 g/mol. The average molecular weight is 1170 g/mol. The summed E-state index contributed by atoms with van der Waals surface area (Å²) in [5.41, 5.74) is 4.66. The molecule has 20 heteroatoms. The van der Waals surface area contributed by atoms with Gasteiger partial charge in [0.05, 0.1) is 56.7 Å². The van der Waals surface area contributed by atoms with Gasteiger partial charge in [0.15, 0.2) is 0 Å². The van der Waals surface area contributed by atoms with Crippen LogP contribution < -0.4 is 42.5 Å². The Balaban J connectivity index is 0.838. The lowest BCUT2D eigenvalue weighted by Crippen LogP contribution is -2.58. The van der Waals surface area contributed by atoms with Crippen LogP contribution in [0.15, 0.2) is 72.8 Å². The van der Waals surface area contributed by atoms with E-state index >= 15 is 0 Å². The van der Waals surface area contributed by atoms with Crippen LogP contribution in [-0.4, -0.2) is 128 Å². The monoisotopic (exact) mass is 1160 g/mol. The Labute approximate surface area is 491 Å². The van der Waals surface area contributed by atoms with Crippen molar-refractivity contribution in [3.63, 3.8) is 0 Å². The molecule has 4 fully saturated rings. The van der Waals surface area contributed by atoms with E-state index in [0.717, 1.165) is 44.9 Å². The van der Waals surface area contributed by atoms with Crippen molar-refractivity contribution in [3.05, 3.63) is 106 Å². The fourth-order valence-electron chi connectivity index (χ4n) is 12.9. The number of fused-ring (bicyclic) bond motifs is 4. The summed E-state index contributed by atoms with van der Waals surface area (Å²) in [5.74, 6) is -0.770. The molecule has 0 aromatic heterocycles. The lowest BCUT2D eigenvalue weighted by atomic mass is 9.78. The number of carbonyl (C=O) groups excluding carboxylic acids is 6. The van der Waals surface area contributed by atoms with E-state index in [1.54, 1.807) is 33.3 Å². The van der Waals surface area contributed by atoms with Crippen molar-refractivity contribution in [1.82, 2.24) is 52.3 Å². The van der Waals surface area contributed by atoms with E-state index in [4.69, 9.17) is 24.4 Å². The van der Waals surface area contributed by atoms with Crippen LogP contribution in [0.2, 0.25) is 0 Å². The van der Waals surface area contributed by atoms with Crippen LogP contribution in [0.3, 0.4) is 0 Å². The molecule has 6 aliphatic rings. The molecule has 430 valence electrons. The van der Waals surface area contributed by atoms with E-state index in [2.05, 4.69) is 54.7 Å². The van der Waals surface area contributed by atoms with Crippen molar-refractivity contribution < 1.29 is 28.8 Å². The first-order valence-corrected chi connectivity index (χ1v) is 31.3. The van der Waals surface area contributed by atoms with Crippen molar-refractivity contribution in [3.8, 4) is 0 Å². The quantitative estimate of drug-likeness (QED) is 0.0809. The zero-order valence-electron chi connectivity index (χ0n) is 47.3. The smallest absolute Gasteiger partial charge is 0.246 e. The number of hydrogen-bond acceptors (Lipinski definition) is 12. The highest BCUT2D eigenvalue weighted by molar-refractivity contribution is 8.00. The summed E-state index contributed by atoms with van der Waals surface area (Å²) in [7, 11) is 3.65. The van der Waals surface area contributed by atoms with Crippen molar-refractivity contribution >= 4 is 93.4 Å².